The molecular weight excluding hydrogens is 232 g/mol. The van der Waals surface area contributed by atoms with Crippen LogP contribution < -0.4 is 5.32 Å². The maximum absolute atomic E-state index is 4.63. The van der Waals surface area contributed by atoms with Gasteiger partial charge in [0.1, 0.15) is 0 Å². The zero-order chi connectivity index (χ0) is 13.1. The van der Waals surface area contributed by atoms with Gasteiger partial charge in [0.2, 0.25) is 0 Å². The summed E-state index contributed by atoms with van der Waals surface area (Å²) in [6.45, 7) is 3.16. The van der Waals surface area contributed by atoms with Crippen molar-refractivity contribution in [3.63, 3.8) is 0 Å². The molecule has 1 heterocycles. The molecule has 0 amide bonds. The van der Waals surface area contributed by atoms with Crippen LogP contribution in [0.25, 0.3) is 0 Å². The van der Waals surface area contributed by atoms with E-state index in [1.54, 1.807) is 0 Å². The van der Waals surface area contributed by atoms with E-state index in [9.17, 15) is 0 Å². The van der Waals surface area contributed by atoms with Crippen molar-refractivity contribution in [1.82, 2.24) is 10.3 Å². The summed E-state index contributed by atoms with van der Waals surface area (Å²) in [5.41, 5.74) is 4.08. The number of hydrogen-bond donors (Lipinski definition) is 1. The predicted molar refractivity (Wildman–Crippen MR) is 78.2 cm³/mol. The molecule has 1 aliphatic carbocycles. The third-order valence-electron chi connectivity index (χ3n) is 3.99. The number of nitrogens with one attached hydrogen (secondary N) is 1. The summed E-state index contributed by atoms with van der Waals surface area (Å²) >= 11 is 0. The second-order valence-electron chi connectivity index (χ2n) is 5.14. The molecule has 0 bridgehead atoms. The molecule has 1 aromatic heterocycles. The van der Waals surface area contributed by atoms with Gasteiger partial charge in [-0.15, -0.1) is 0 Å². The Bertz CT molecular complexity index is 536. The quantitative estimate of drug-likeness (QED) is 0.901. The maximum atomic E-state index is 4.63. The van der Waals surface area contributed by atoms with Crippen LogP contribution >= 0.6 is 0 Å². The highest BCUT2D eigenvalue weighted by atomic mass is 14.9. The number of benzene rings is 1. The van der Waals surface area contributed by atoms with Crippen molar-refractivity contribution in [2.24, 2.45) is 0 Å². The van der Waals surface area contributed by atoms with E-state index in [0.717, 1.165) is 13.0 Å². The summed E-state index contributed by atoms with van der Waals surface area (Å²) < 4.78 is 0. The summed E-state index contributed by atoms with van der Waals surface area (Å²) in [5, 5.41) is 3.64. The predicted octanol–water partition coefficient (Wildman–Crippen LogP) is 3.46. The van der Waals surface area contributed by atoms with Crippen LogP contribution in [0.5, 0.6) is 0 Å². The molecule has 0 saturated carbocycles. The molecule has 2 aromatic rings. The van der Waals surface area contributed by atoms with Crippen molar-refractivity contribution in [2.75, 3.05) is 6.54 Å². The monoisotopic (exact) mass is 252 g/mol. The highest BCUT2D eigenvalue weighted by Gasteiger charge is 2.31. The third kappa shape index (κ3) is 2.41. The second-order valence-corrected chi connectivity index (χ2v) is 5.14. The molecule has 0 saturated heterocycles. The highest BCUT2D eigenvalue weighted by molar-refractivity contribution is 5.33. The van der Waals surface area contributed by atoms with Crippen molar-refractivity contribution in [3.8, 4) is 0 Å². The number of aromatic nitrogens is 1. The Balaban J connectivity index is 1.94. The van der Waals surface area contributed by atoms with Gasteiger partial charge in [0.05, 0.1) is 0 Å². The van der Waals surface area contributed by atoms with Crippen LogP contribution in [0, 0.1) is 0 Å². The van der Waals surface area contributed by atoms with Gasteiger partial charge >= 0.3 is 0 Å². The van der Waals surface area contributed by atoms with Crippen LogP contribution in [-0.4, -0.2) is 11.5 Å². The number of aryl methyl sites for hydroxylation is 1. The molecule has 0 fully saturated rings. The van der Waals surface area contributed by atoms with E-state index in [4.69, 9.17) is 0 Å². The Kier molecular flexibility index (Phi) is 3.60. The van der Waals surface area contributed by atoms with Gasteiger partial charge < -0.3 is 5.32 Å². The zero-order valence-electron chi connectivity index (χ0n) is 11.3. The number of fused-ring (bicyclic) bond motifs is 1. The van der Waals surface area contributed by atoms with Crippen LogP contribution in [0.2, 0.25) is 0 Å². The Hall–Kier alpha value is -1.67. The van der Waals surface area contributed by atoms with Crippen LogP contribution in [0.1, 0.15) is 42.1 Å². The molecular formula is C17H20N2. The van der Waals surface area contributed by atoms with Crippen molar-refractivity contribution in [1.29, 1.82) is 0 Å². The minimum absolute atomic E-state index is 0.377. The number of nitrogens with zero attached hydrogens (tertiary/aromatic N) is 1. The standard InChI is InChI=1S/C17H20N2/c1-2-18-16(13-7-4-3-5-8-13)15-11-10-14-9-6-12-19-17(14)15/h3-9,12,15-16,18H,2,10-11H2,1H3. The second kappa shape index (κ2) is 5.54. The fourth-order valence-electron chi connectivity index (χ4n) is 3.14. The molecule has 1 aromatic carbocycles. The molecule has 2 nitrogen and oxygen atoms in total. The SMILES string of the molecule is CCNC(c1ccccc1)C1CCc2cccnc21. The molecule has 98 valence electrons. The lowest BCUT2D eigenvalue weighted by Crippen LogP contribution is -2.26. The molecule has 2 heteroatoms. The molecule has 1 N–H and O–H groups in total. The van der Waals surface area contributed by atoms with Crippen molar-refractivity contribution in [3.05, 3.63) is 65.5 Å². The number of likely N-dealkylation sites (N-methyl/N-ethyl adjacent to an activating group) is 1. The molecule has 1 aliphatic rings. The van der Waals surface area contributed by atoms with Crippen LogP contribution in [0.15, 0.2) is 48.7 Å². The third-order valence-corrected chi connectivity index (χ3v) is 3.99. The molecule has 0 spiro atoms. The van der Waals surface area contributed by atoms with E-state index in [1.807, 2.05) is 12.3 Å². The topological polar surface area (TPSA) is 24.9 Å². The van der Waals surface area contributed by atoms with Crippen LogP contribution in [0.4, 0.5) is 0 Å². The Morgan fingerprint density at radius 2 is 2.05 bits per heavy atom. The molecule has 2 unspecified atom stereocenters. The molecule has 0 aliphatic heterocycles. The number of hydrogen-bond acceptors (Lipinski definition) is 2. The maximum Gasteiger partial charge on any atom is 0.0485 e. The molecule has 3 rings (SSSR count). The minimum Gasteiger partial charge on any atom is -0.310 e. The van der Waals surface area contributed by atoms with Gasteiger partial charge in [0.25, 0.3) is 0 Å². The van der Waals surface area contributed by atoms with E-state index < -0.39 is 0 Å². The first-order valence-electron chi connectivity index (χ1n) is 7.12. The largest absolute Gasteiger partial charge is 0.310 e. The lowest BCUT2D eigenvalue weighted by molar-refractivity contribution is 0.447. The summed E-state index contributed by atoms with van der Waals surface area (Å²) in [6, 6.07) is 15.4. The van der Waals surface area contributed by atoms with E-state index in [2.05, 4.69) is 53.6 Å². The van der Waals surface area contributed by atoms with Crippen molar-refractivity contribution >= 4 is 0 Å². The van der Waals surface area contributed by atoms with Crippen molar-refractivity contribution in [2.45, 2.75) is 31.7 Å². The molecule has 2 atom stereocenters. The fourth-order valence-corrected chi connectivity index (χ4v) is 3.14. The van der Waals surface area contributed by atoms with E-state index in [0.29, 0.717) is 12.0 Å². The van der Waals surface area contributed by atoms with Gasteiger partial charge in [0.15, 0.2) is 0 Å². The first-order valence-corrected chi connectivity index (χ1v) is 7.12. The van der Waals surface area contributed by atoms with E-state index >= 15 is 0 Å². The van der Waals surface area contributed by atoms with Crippen LogP contribution in [0.3, 0.4) is 0 Å². The summed E-state index contributed by atoms with van der Waals surface area (Å²) in [6.07, 6.45) is 4.27. The number of rotatable bonds is 4. The lowest BCUT2D eigenvalue weighted by Gasteiger charge is -2.25. The molecule has 19 heavy (non-hydrogen) atoms. The molecule has 0 radical (unpaired) electrons. The Morgan fingerprint density at radius 3 is 2.84 bits per heavy atom. The lowest BCUT2D eigenvalue weighted by atomic mass is 9.90. The Morgan fingerprint density at radius 1 is 1.21 bits per heavy atom. The first kappa shape index (κ1) is 12.4. The average molecular weight is 252 g/mol. The summed E-state index contributed by atoms with van der Waals surface area (Å²) in [7, 11) is 0. The smallest absolute Gasteiger partial charge is 0.0485 e. The van der Waals surface area contributed by atoms with Gasteiger partial charge in [0, 0.05) is 23.9 Å². The Labute approximate surface area is 114 Å². The van der Waals surface area contributed by atoms with Crippen molar-refractivity contribution < 1.29 is 0 Å². The first-order chi connectivity index (χ1) is 9.40. The minimum atomic E-state index is 0.377. The van der Waals surface area contributed by atoms with Gasteiger partial charge in [-0.2, -0.15) is 0 Å². The van der Waals surface area contributed by atoms with Gasteiger partial charge in [-0.05, 0) is 36.6 Å². The normalized spacial score (nSPS) is 19.1. The van der Waals surface area contributed by atoms with Crippen LogP contribution in [-0.2, 0) is 6.42 Å². The van der Waals surface area contributed by atoms with Gasteiger partial charge in [-0.1, -0.05) is 43.3 Å². The number of pyridine rings is 1. The van der Waals surface area contributed by atoms with E-state index in [-0.39, 0.29) is 0 Å². The van der Waals surface area contributed by atoms with E-state index in [1.165, 1.54) is 23.2 Å². The highest BCUT2D eigenvalue weighted by Crippen LogP contribution is 2.40. The van der Waals surface area contributed by atoms with Gasteiger partial charge in [-0.25, -0.2) is 0 Å². The van der Waals surface area contributed by atoms with Gasteiger partial charge in [-0.3, -0.25) is 4.98 Å². The summed E-state index contributed by atoms with van der Waals surface area (Å²) in [5.74, 6) is 0.499. The average Bonchev–Trinajstić information content (AvgIpc) is 2.89. The zero-order valence-corrected chi connectivity index (χ0v) is 11.3. The fraction of sp³-hybridized carbons (Fsp3) is 0.353. The summed E-state index contributed by atoms with van der Waals surface area (Å²) in [4.78, 5) is 4.63.